The summed E-state index contributed by atoms with van der Waals surface area (Å²) in [5.41, 5.74) is 4.69. The third-order valence-corrected chi connectivity index (χ3v) is 7.47. The molecule has 35 heavy (non-hydrogen) atoms. The molecule has 2 fully saturated rings. The molecule has 1 aliphatic heterocycles. The molecule has 0 spiro atoms. The minimum Gasteiger partial charge on any atom is -0.479 e. The van der Waals surface area contributed by atoms with Crippen molar-refractivity contribution in [2.24, 2.45) is 11.8 Å². The lowest BCUT2D eigenvalue weighted by atomic mass is 9.98. The van der Waals surface area contributed by atoms with E-state index >= 15 is 0 Å². The summed E-state index contributed by atoms with van der Waals surface area (Å²) >= 11 is 0. The van der Waals surface area contributed by atoms with Crippen molar-refractivity contribution in [1.82, 2.24) is 10.6 Å². The highest BCUT2D eigenvalue weighted by Crippen LogP contribution is 2.44. The normalized spacial score (nSPS) is 25.0. The number of ether oxygens (including phenoxy) is 2. The summed E-state index contributed by atoms with van der Waals surface area (Å²) in [5.74, 6) is -1.51. The van der Waals surface area contributed by atoms with Gasteiger partial charge in [-0.3, -0.25) is 4.79 Å². The number of carbonyl (C=O) groups excluding carboxylic acids is 2. The van der Waals surface area contributed by atoms with Gasteiger partial charge in [0.05, 0.1) is 0 Å². The van der Waals surface area contributed by atoms with Crippen molar-refractivity contribution in [3.8, 4) is 11.1 Å². The van der Waals surface area contributed by atoms with Crippen LogP contribution in [0.3, 0.4) is 0 Å². The van der Waals surface area contributed by atoms with E-state index in [1.165, 1.54) is 11.1 Å². The van der Waals surface area contributed by atoms with E-state index in [9.17, 15) is 19.5 Å². The topological polar surface area (TPSA) is 114 Å². The monoisotopic (exact) mass is 478 g/mol. The Morgan fingerprint density at radius 1 is 0.971 bits per heavy atom. The number of benzene rings is 2. The summed E-state index contributed by atoms with van der Waals surface area (Å²) < 4.78 is 10.9. The summed E-state index contributed by atoms with van der Waals surface area (Å²) in [4.78, 5) is 36.4. The van der Waals surface area contributed by atoms with E-state index in [-0.39, 0.29) is 42.9 Å². The molecule has 8 heteroatoms. The third-order valence-electron chi connectivity index (χ3n) is 7.47. The number of alkyl carbamates (subject to hydrolysis) is 1. The molecular formula is C27H30N2O6. The molecule has 2 unspecified atom stereocenters. The number of fused-ring (bicyclic) bond motifs is 3. The van der Waals surface area contributed by atoms with Crippen LogP contribution in [-0.4, -0.2) is 55.0 Å². The SMILES string of the molecule is O=C(N[C@H]1CC[C@@H](C(=O)NCC2CCOC2C(=O)O)C1)OCC1c2ccccc2-c2ccccc21. The summed E-state index contributed by atoms with van der Waals surface area (Å²) in [6, 6.07) is 16.3. The lowest BCUT2D eigenvalue weighted by molar-refractivity contribution is -0.149. The molecule has 184 valence electrons. The number of carboxylic acid groups (broad SMARTS) is 1. The fourth-order valence-electron chi connectivity index (χ4n) is 5.65. The molecule has 8 nitrogen and oxygen atoms in total. The van der Waals surface area contributed by atoms with Gasteiger partial charge in [-0.25, -0.2) is 9.59 Å². The highest BCUT2D eigenvalue weighted by molar-refractivity contribution is 5.80. The first-order valence-corrected chi connectivity index (χ1v) is 12.2. The molecule has 2 aliphatic carbocycles. The number of aliphatic carboxylic acids is 1. The van der Waals surface area contributed by atoms with Crippen LogP contribution in [0.15, 0.2) is 48.5 Å². The van der Waals surface area contributed by atoms with Gasteiger partial charge in [-0.1, -0.05) is 48.5 Å². The summed E-state index contributed by atoms with van der Waals surface area (Å²) in [6.45, 7) is 0.939. The Labute approximate surface area is 204 Å². The van der Waals surface area contributed by atoms with Crippen LogP contribution < -0.4 is 10.6 Å². The number of rotatable bonds is 7. The molecule has 2 aromatic carbocycles. The van der Waals surface area contributed by atoms with Gasteiger partial charge in [-0.15, -0.1) is 0 Å². The molecule has 1 heterocycles. The van der Waals surface area contributed by atoms with Crippen molar-refractivity contribution >= 4 is 18.0 Å². The number of amides is 2. The van der Waals surface area contributed by atoms with E-state index in [4.69, 9.17) is 9.47 Å². The van der Waals surface area contributed by atoms with Gasteiger partial charge in [0.1, 0.15) is 6.61 Å². The molecule has 0 bridgehead atoms. The van der Waals surface area contributed by atoms with Crippen molar-refractivity contribution in [3.63, 3.8) is 0 Å². The van der Waals surface area contributed by atoms with E-state index in [1.54, 1.807) is 0 Å². The van der Waals surface area contributed by atoms with Gasteiger partial charge < -0.3 is 25.2 Å². The number of carbonyl (C=O) groups is 3. The van der Waals surface area contributed by atoms with Crippen molar-refractivity contribution in [2.45, 2.75) is 43.7 Å². The number of nitrogens with one attached hydrogen (secondary N) is 2. The zero-order valence-electron chi connectivity index (χ0n) is 19.4. The van der Waals surface area contributed by atoms with Crippen LogP contribution in [0.5, 0.6) is 0 Å². The molecular weight excluding hydrogens is 448 g/mol. The molecule has 1 saturated carbocycles. The first-order chi connectivity index (χ1) is 17.0. The Balaban J connectivity index is 1.09. The maximum Gasteiger partial charge on any atom is 0.407 e. The summed E-state index contributed by atoms with van der Waals surface area (Å²) in [6.07, 6.45) is 1.20. The quantitative estimate of drug-likeness (QED) is 0.563. The molecule has 5 rings (SSSR count). The van der Waals surface area contributed by atoms with Crippen molar-refractivity contribution in [3.05, 3.63) is 59.7 Å². The second-order valence-electron chi connectivity index (χ2n) is 9.60. The Morgan fingerprint density at radius 2 is 1.66 bits per heavy atom. The van der Waals surface area contributed by atoms with E-state index in [1.807, 2.05) is 24.3 Å². The average Bonchev–Trinajstić information content (AvgIpc) is 3.59. The van der Waals surface area contributed by atoms with Crippen molar-refractivity contribution < 1.29 is 29.0 Å². The van der Waals surface area contributed by atoms with Crippen molar-refractivity contribution in [1.29, 1.82) is 0 Å². The lowest BCUT2D eigenvalue weighted by Crippen LogP contribution is -2.39. The maximum absolute atomic E-state index is 12.6. The van der Waals surface area contributed by atoms with Crippen LogP contribution in [0.2, 0.25) is 0 Å². The molecule has 3 N–H and O–H groups in total. The fraction of sp³-hybridized carbons (Fsp3) is 0.444. The summed E-state index contributed by atoms with van der Waals surface area (Å²) in [5, 5.41) is 15.0. The first kappa shape index (κ1) is 23.4. The first-order valence-electron chi connectivity index (χ1n) is 12.2. The van der Waals surface area contributed by atoms with Gasteiger partial charge in [0.15, 0.2) is 6.10 Å². The van der Waals surface area contributed by atoms with Gasteiger partial charge in [-0.05, 0) is 47.9 Å². The molecule has 3 aliphatic rings. The summed E-state index contributed by atoms with van der Waals surface area (Å²) in [7, 11) is 0. The molecule has 0 radical (unpaired) electrons. The molecule has 1 saturated heterocycles. The second kappa shape index (κ2) is 10.1. The average molecular weight is 479 g/mol. The Bertz CT molecular complexity index is 1070. The van der Waals surface area contributed by atoms with Crippen LogP contribution in [0.4, 0.5) is 4.79 Å². The molecule has 2 aromatic rings. The molecule has 0 aromatic heterocycles. The second-order valence-corrected chi connectivity index (χ2v) is 9.60. The third kappa shape index (κ3) is 4.89. The molecule has 4 atom stereocenters. The predicted molar refractivity (Wildman–Crippen MR) is 128 cm³/mol. The van der Waals surface area contributed by atoms with E-state index in [0.717, 1.165) is 11.1 Å². The maximum atomic E-state index is 12.6. The van der Waals surface area contributed by atoms with Crippen LogP contribution in [-0.2, 0) is 19.1 Å². The van der Waals surface area contributed by atoms with Gasteiger partial charge in [-0.2, -0.15) is 0 Å². The van der Waals surface area contributed by atoms with Crippen LogP contribution in [0.25, 0.3) is 11.1 Å². The Hall–Kier alpha value is -3.39. The van der Waals surface area contributed by atoms with Gasteiger partial charge in [0.2, 0.25) is 5.91 Å². The Morgan fingerprint density at radius 3 is 2.34 bits per heavy atom. The van der Waals surface area contributed by atoms with Gasteiger partial charge >= 0.3 is 12.1 Å². The minimum atomic E-state index is -0.991. The van der Waals surface area contributed by atoms with E-state index in [0.29, 0.717) is 32.3 Å². The molecule has 2 amide bonds. The van der Waals surface area contributed by atoms with Crippen LogP contribution >= 0.6 is 0 Å². The zero-order valence-corrected chi connectivity index (χ0v) is 19.4. The zero-order chi connectivity index (χ0) is 24.4. The van der Waals surface area contributed by atoms with E-state index < -0.39 is 18.2 Å². The predicted octanol–water partition coefficient (Wildman–Crippen LogP) is 3.30. The van der Waals surface area contributed by atoms with Crippen LogP contribution in [0.1, 0.15) is 42.7 Å². The smallest absolute Gasteiger partial charge is 0.407 e. The lowest BCUT2D eigenvalue weighted by Gasteiger charge is -2.18. The van der Waals surface area contributed by atoms with Gasteiger partial charge in [0, 0.05) is 36.9 Å². The highest BCUT2D eigenvalue weighted by atomic mass is 16.5. The number of carboxylic acids is 1. The number of hydrogen-bond acceptors (Lipinski definition) is 5. The van der Waals surface area contributed by atoms with E-state index in [2.05, 4.69) is 34.9 Å². The Kier molecular flexibility index (Phi) is 6.72. The van der Waals surface area contributed by atoms with Crippen LogP contribution in [0, 0.1) is 11.8 Å². The number of hydrogen-bond donors (Lipinski definition) is 3. The fourth-order valence-corrected chi connectivity index (χ4v) is 5.65. The highest BCUT2D eigenvalue weighted by Gasteiger charge is 2.36. The van der Waals surface area contributed by atoms with Gasteiger partial charge in [0.25, 0.3) is 0 Å². The van der Waals surface area contributed by atoms with Crippen molar-refractivity contribution in [2.75, 3.05) is 19.8 Å². The minimum absolute atomic E-state index is 0.00412. The largest absolute Gasteiger partial charge is 0.479 e. The standard InChI is InChI=1S/C27H30N2O6/c30-25(28-14-17-11-12-34-24(17)26(31)32)16-9-10-18(13-16)29-27(33)35-15-23-21-7-3-1-5-19(21)20-6-2-4-8-22(20)23/h1-8,16-18,23-24H,9-15H2,(H,28,30)(H,29,33)(H,31,32)/t16-,17?,18+,24?/m1/s1.